The highest BCUT2D eigenvalue weighted by atomic mass is 35.5. The average molecular weight is 222 g/mol. The molecule has 15 heavy (non-hydrogen) atoms. The summed E-state index contributed by atoms with van der Waals surface area (Å²) in [5.74, 6) is 0.909. The van der Waals surface area contributed by atoms with Gasteiger partial charge in [-0.15, -0.1) is 0 Å². The minimum Gasteiger partial charge on any atom is -0.330 e. The molecule has 0 spiro atoms. The van der Waals surface area contributed by atoms with Gasteiger partial charge in [-0.3, -0.25) is 0 Å². The highest BCUT2D eigenvalue weighted by molar-refractivity contribution is 6.30. The Morgan fingerprint density at radius 2 is 2.00 bits per heavy atom. The van der Waals surface area contributed by atoms with Crippen LogP contribution in [0.15, 0.2) is 30.5 Å². The van der Waals surface area contributed by atoms with Gasteiger partial charge in [0.1, 0.15) is 5.82 Å². The maximum Gasteiger partial charge on any atom is 0.139 e. The van der Waals surface area contributed by atoms with Crippen molar-refractivity contribution in [2.45, 2.75) is 6.54 Å². The van der Waals surface area contributed by atoms with E-state index in [0.717, 1.165) is 22.1 Å². The van der Waals surface area contributed by atoms with Gasteiger partial charge < -0.3 is 10.3 Å². The van der Waals surface area contributed by atoms with E-state index in [-0.39, 0.29) is 0 Å². The number of hydrogen-bond acceptors (Lipinski definition) is 2. The third-order valence-electron chi connectivity index (χ3n) is 2.40. The number of hydrogen-bond donors (Lipinski definition) is 1. The molecule has 0 bridgehead atoms. The Morgan fingerprint density at radius 1 is 1.33 bits per heavy atom. The second kappa shape index (κ2) is 4.04. The van der Waals surface area contributed by atoms with Gasteiger partial charge in [-0.25, -0.2) is 4.98 Å². The van der Waals surface area contributed by atoms with Crippen LogP contribution in [0.1, 0.15) is 5.69 Å². The van der Waals surface area contributed by atoms with E-state index in [1.54, 1.807) is 6.20 Å². The van der Waals surface area contributed by atoms with Crippen molar-refractivity contribution in [2.24, 2.45) is 12.8 Å². The molecule has 78 valence electrons. The molecule has 0 saturated carbocycles. The van der Waals surface area contributed by atoms with Crippen molar-refractivity contribution in [3.05, 3.63) is 41.2 Å². The van der Waals surface area contributed by atoms with Crippen molar-refractivity contribution in [3.63, 3.8) is 0 Å². The zero-order valence-electron chi connectivity index (χ0n) is 8.44. The number of nitrogens with zero attached hydrogens (tertiary/aromatic N) is 2. The fourth-order valence-electron chi connectivity index (χ4n) is 1.50. The topological polar surface area (TPSA) is 43.8 Å². The first kappa shape index (κ1) is 10.2. The van der Waals surface area contributed by atoms with Gasteiger partial charge in [-0.05, 0) is 24.3 Å². The van der Waals surface area contributed by atoms with Gasteiger partial charge >= 0.3 is 0 Å². The first-order chi connectivity index (χ1) is 7.22. The van der Waals surface area contributed by atoms with Crippen molar-refractivity contribution in [1.82, 2.24) is 9.55 Å². The maximum absolute atomic E-state index is 5.82. The van der Waals surface area contributed by atoms with Crippen LogP contribution in [0.2, 0.25) is 5.02 Å². The minimum atomic E-state index is 0.497. The van der Waals surface area contributed by atoms with Gasteiger partial charge in [0.05, 0.1) is 11.9 Å². The van der Waals surface area contributed by atoms with Gasteiger partial charge in [0, 0.05) is 24.2 Å². The summed E-state index contributed by atoms with van der Waals surface area (Å²) in [4.78, 5) is 4.33. The number of rotatable bonds is 2. The predicted octanol–water partition coefficient (Wildman–Crippen LogP) is 2.20. The molecule has 0 unspecified atom stereocenters. The lowest BCUT2D eigenvalue weighted by molar-refractivity contribution is 0.828. The Hall–Kier alpha value is -1.32. The Bertz CT molecular complexity index is 459. The van der Waals surface area contributed by atoms with Crippen molar-refractivity contribution >= 4 is 11.6 Å². The normalized spacial score (nSPS) is 10.6. The molecule has 0 aliphatic heterocycles. The van der Waals surface area contributed by atoms with E-state index in [2.05, 4.69) is 4.98 Å². The molecule has 0 atom stereocenters. The number of aromatic nitrogens is 2. The molecule has 1 aromatic carbocycles. The lowest BCUT2D eigenvalue weighted by Crippen LogP contribution is -2.04. The van der Waals surface area contributed by atoms with Crippen LogP contribution in [0.3, 0.4) is 0 Å². The molecule has 0 aliphatic carbocycles. The monoisotopic (exact) mass is 221 g/mol. The van der Waals surface area contributed by atoms with Crippen LogP contribution in [0, 0.1) is 0 Å². The molecule has 0 aliphatic rings. The lowest BCUT2D eigenvalue weighted by atomic mass is 10.2. The third kappa shape index (κ3) is 1.89. The molecule has 0 saturated heterocycles. The molecule has 1 aromatic heterocycles. The van der Waals surface area contributed by atoms with Gasteiger partial charge in [0.25, 0.3) is 0 Å². The molecule has 1 heterocycles. The van der Waals surface area contributed by atoms with Crippen molar-refractivity contribution in [3.8, 4) is 11.4 Å². The van der Waals surface area contributed by atoms with Crippen LogP contribution >= 0.6 is 11.6 Å². The standard InChI is InChI=1S/C11H12ClN3/c1-15-10(6-13)7-14-11(15)8-2-4-9(12)5-3-8/h2-5,7H,6,13H2,1H3. The number of halogens is 1. The molecule has 0 fully saturated rings. The van der Waals surface area contributed by atoms with Crippen LogP contribution in [-0.2, 0) is 13.6 Å². The van der Waals surface area contributed by atoms with E-state index in [4.69, 9.17) is 17.3 Å². The first-order valence-corrected chi connectivity index (χ1v) is 5.07. The largest absolute Gasteiger partial charge is 0.330 e. The van der Waals surface area contributed by atoms with Crippen molar-refractivity contribution < 1.29 is 0 Å². The molecular weight excluding hydrogens is 210 g/mol. The van der Waals surface area contributed by atoms with Gasteiger partial charge in [-0.1, -0.05) is 11.6 Å². The summed E-state index contributed by atoms with van der Waals surface area (Å²) in [6.45, 7) is 0.497. The Labute approximate surface area is 93.5 Å². The molecule has 2 aromatic rings. The molecule has 2 rings (SSSR count). The van der Waals surface area contributed by atoms with Gasteiger partial charge in [0.15, 0.2) is 0 Å². The highest BCUT2D eigenvalue weighted by Crippen LogP contribution is 2.20. The second-order valence-corrected chi connectivity index (χ2v) is 3.78. The summed E-state index contributed by atoms with van der Waals surface area (Å²) >= 11 is 5.82. The van der Waals surface area contributed by atoms with Gasteiger partial charge in [-0.2, -0.15) is 0 Å². The summed E-state index contributed by atoms with van der Waals surface area (Å²) in [7, 11) is 1.96. The maximum atomic E-state index is 5.82. The zero-order valence-corrected chi connectivity index (χ0v) is 9.20. The van der Waals surface area contributed by atoms with Crippen LogP contribution in [-0.4, -0.2) is 9.55 Å². The quantitative estimate of drug-likeness (QED) is 0.845. The first-order valence-electron chi connectivity index (χ1n) is 4.69. The van der Waals surface area contributed by atoms with E-state index in [9.17, 15) is 0 Å². The predicted molar refractivity (Wildman–Crippen MR) is 61.5 cm³/mol. The van der Waals surface area contributed by atoms with E-state index in [0.29, 0.717) is 6.54 Å². The smallest absolute Gasteiger partial charge is 0.139 e. The molecule has 3 nitrogen and oxygen atoms in total. The minimum absolute atomic E-state index is 0.497. The summed E-state index contributed by atoms with van der Waals surface area (Å²) in [6.07, 6.45) is 1.80. The van der Waals surface area contributed by atoms with E-state index in [1.807, 2.05) is 35.9 Å². The fraction of sp³-hybridized carbons (Fsp3) is 0.182. The molecule has 0 amide bonds. The Balaban J connectivity index is 2.45. The second-order valence-electron chi connectivity index (χ2n) is 3.34. The number of imidazole rings is 1. The highest BCUT2D eigenvalue weighted by Gasteiger charge is 2.06. The van der Waals surface area contributed by atoms with Gasteiger partial charge in [0.2, 0.25) is 0 Å². The van der Waals surface area contributed by atoms with E-state index in [1.165, 1.54) is 0 Å². The third-order valence-corrected chi connectivity index (χ3v) is 2.65. The SMILES string of the molecule is Cn1c(CN)cnc1-c1ccc(Cl)cc1. The fourth-order valence-corrected chi connectivity index (χ4v) is 1.63. The lowest BCUT2D eigenvalue weighted by Gasteiger charge is -2.04. The average Bonchev–Trinajstić information content (AvgIpc) is 2.61. The molecule has 0 radical (unpaired) electrons. The Kier molecular flexibility index (Phi) is 2.75. The van der Waals surface area contributed by atoms with Crippen LogP contribution < -0.4 is 5.73 Å². The molecular formula is C11H12ClN3. The number of benzene rings is 1. The van der Waals surface area contributed by atoms with Crippen molar-refractivity contribution in [2.75, 3.05) is 0 Å². The number of nitrogens with two attached hydrogens (primary N) is 1. The van der Waals surface area contributed by atoms with E-state index >= 15 is 0 Å². The zero-order chi connectivity index (χ0) is 10.8. The summed E-state index contributed by atoms with van der Waals surface area (Å²) in [6, 6.07) is 7.61. The van der Waals surface area contributed by atoms with Crippen molar-refractivity contribution in [1.29, 1.82) is 0 Å². The van der Waals surface area contributed by atoms with Crippen LogP contribution in [0.4, 0.5) is 0 Å². The summed E-state index contributed by atoms with van der Waals surface area (Å²) in [5.41, 5.74) is 7.64. The molecule has 2 N–H and O–H groups in total. The molecule has 4 heteroatoms. The van der Waals surface area contributed by atoms with Crippen LogP contribution in [0.5, 0.6) is 0 Å². The van der Waals surface area contributed by atoms with E-state index < -0.39 is 0 Å². The summed E-state index contributed by atoms with van der Waals surface area (Å²) in [5, 5.41) is 0.729. The van der Waals surface area contributed by atoms with Crippen LogP contribution in [0.25, 0.3) is 11.4 Å². The Morgan fingerprint density at radius 3 is 2.53 bits per heavy atom. The summed E-state index contributed by atoms with van der Waals surface area (Å²) < 4.78 is 1.99.